The van der Waals surface area contributed by atoms with Gasteiger partial charge in [-0.25, -0.2) is 0 Å². The minimum Gasteiger partial charge on any atom is -0.404 e. The van der Waals surface area contributed by atoms with E-state index in [1.165, 1.54) is 6.07 Å². The quantitative estimate of drug-likeness (QED) is 0.658. The van der Waals surface area contributed by atoms with Crippen molar-refractivity contribution in [2.24, 2.45) is 0 Å². The zero-order chi connectivity index (χ0) is 14.7. The minimum atomic E-state index is -0.566. The molecule has 0 aliphatic heterocycles. The van der Waals surface area contributed by atoms with Crippen LogP contribution in [0.1, 0.15) is 24.3 Å². The summed E-state index contributed by atoms with van der Waals surface area (Å²) in [5.41, 5.74) is 0.900. The zero-order valence-electron chi connectivity index (χ0n) is 10.6. The van der Waals surface area contributed by atoms with Gasteiger partial charge >= 0.3 is 5.88 Å². The molecule has 0 aliphatic rings. The van der Waals surface area contributed by atoms with Crippen LogP contribution in [-0.2, 0) is 6.54 Å². The molecule has 0 radical (unpaired) electrons. The van der Waals surface area contributed by atoms with Crippen molar-refractivity contribution >= 4 is 29.1 Å². The van der Waals surface area contributed by atoms with Gasteiger partial charge in [0.1, 0.15) is 10.7 Å². The van der Waals surface area contributed by atoms with Crippen LogP contribution in [0.25, 0.3) is 0 Å². The molecule has 1 unspecified atom stereocenters. The Morgan fingerprint density at radius 3 is 2.70 bits per heavy atom. The fourth-order valence-electron chi connectivity index (χ4n) is 1.78. The lowest BCUT2D eigenvalue weighted by Gasteiger charge is -2.15. The van der Waals surface area contributed by atoms with Crippen LogP contribution in [0.2, 0.25) is 10.0 Å². The van der Waals surface area contributed by atoms with Crippen molar-refractivity contribution in [2.75, 3.05) is 0 Å². The van der Waals surface area contributed by atoms with Gasteiger partial charge in [0.05, 0.1) is 12.6 Å². The van der Waals surface area contributed by atoms with Crippen molar-refractivity contribution in [3.8, 4) is 0 Å². The maximum Gasteiger partial charge on any atom is 0.433 e. The highest BCUT2D eigenvalue weighted by atomic mass is 35.5. The summed E-state index contributed by atoms with van der Waals surface area (Å²) in [5.74, 6) is 0.229. The van der Waals surface area contributed by atoms with Crippen LogP contribution in [-0.4, -0.2) is 4.92 Å². The van der Waals surface area contributed by atoms with Crippen LogP contribution in [0.3, 0.4) is 0 Å². The van der Waals surface area contributed by atoms with Crippen molar-refractivity contribution < 1.29 is 9.34 Å². The number of halogens is 2. The minimum absolute atomic E-state index is 0.0380. The average Bonchev–Trinajstić information content (AvgIpc) is 2.85. The standard InChI is InChI=1S/C13H12Cl2N2O3/c1-8(11-4-2-9(14)6-12(11)15)16-7-10-3-5-13(20-10)17(18)19/h2-6,8,16H,7H2,1H3. The number of rotatable bonds is 5. The maximum atomic E-state index is 10.5. The molecule has 1 N–H and O–H groups in total. The van der Waals surface area contributed by atoms with Crippen LogP contribution in [0.4, 0.5) is 5.88 Å². The molecule has 2 rings (SSSR count). The molecular weight excluding hydrogens is 303 g/mol. The molecule has 5 nitrogen and oxygen atoms in total. The predicted octanol–water partition coefficient (Wildman–Crippen LogP) is 4.35. The van der Waals surface area contributed by atoms with Crippen molar-refractivity contribution in [1.82, 2.24) is 5.32 Å². The van der Waals surface area contributed by atoms with Gasteiger partial charge in [-0.2, -0.15) is 0 Å². The van der Waals surface area contributed by atoms with Gasteiger partial charge in [-0.1, -0.05) is 29.3 Å². The number of hydrogen-bond donors (Lipinski definition) is 1. The van der Waals surface area contributed by atoms with Crippen LogP contribution in [0.15, 0.2) is 34.7 Å². The molecule has 20 heavy (non-hydrogen) atoms. The number of nitrogens with one attached hydrogen (secondary N) is 1. The van der Waals surface area contributed by atoms with E-state index in [1.807, 2.05) is 13.0 Å². The second-order valence-electron chi connectivity index (χ2n) is 4.27. The van der Waals surface area contributed by atoms with E-state index in [0.29, 0.717) is 22.4 Å². The lowest BCUT2D eigenvalue weighted by molar-refractivity contribution is -0.402. The summed E-state index contributed by atoms with van der Waals surface area (Å²) in [6.45, 7) is 2.31. The largest absolute Gasteiger partial charge is 0.433 e. The number of hydrogen-bond acceptors (Lipinski definition) is 4. The fraction of sp³-hybridized carbons (Fsp3) is 0.231. The van der Waals surface area contributed by atoms with Crippen molar-refractivity contribution in [2.45, 2.75) is 19.5 Å². The molecule has 7 heteroatoms. The molecule has 0 saturated carbocycles. The topological polar surface area (TPSA) is 68.3 Å². The zero-order valence-corrected chi connectivity index (χ0v) is 12.1. The van der Waals surface area contributed by atoms with E-state index in [0.717, 1.165) is 5.56 Å². The second kappa shape index (κ2) is 6.26. The van der Waals surface area contributed by atoms with E-state index in [2.05, 4.69) is 5.32 Å². The van der Waals surface area contributed by atoms with Gasteiger partial charge < -0.3 is 9.73 Å². The molecule has 0 saturated heterocycles. The Morgan fingerprint density at radius 2 is 2.10 bits per heavy atom. The highest BCUT2D eigenvalue weighted by Crippen LogP contribution is 2.26. The van der Waals surface area contributed by atoms with Gasteiger partial charge in [0.25, 0.3) is 0 Å². The Labute approximate surface area is 125 Å². The molecule has 0 spiro atoms. The molecule has 0 aliphatic carbocycles. The van der Waals surface area contributed by atoms with Gasteiger partial charge in [-0.05, 0) is 30.7 Å². The lowest BCUT2D eigenvalue weighted by Crippen LogP contribution is -2.18. The van der Waals surface area contributed by atoms with E-state index in [-0.39, 0.29) is 11.9 Å². The number of benzene rings is 1. The Kier molecular flexibility index (Phi) is 4.65. The average molecular weight is 315 g/mol. The highest BCUT2D eigenvalue weighted by Gasteiger charge is 2.14. The number of nitrogens with zero attached hydrogens (tertiary/aromatic N) is 1. The molecular formula is C13H12Cl2N2O3. The van der Waals surface area contributed by atoms with E-state index in [9.17, 15) is 10.1 Å². The number of nitro groups is 1. The van der Waals surface area contributed by atoms with Gasteiger partial charge in [-0.3, -0.25) is 10.1 Å². The van der Waals surface area contributed by atoms with E-state index in [4.69, 9.17) is 27.6 Å². The summed E-state index contributed by atoms with van der Waals surface area (Å²) in [6, 6.07) is 8.14. The van der Waals surface area contributed by atoms with Crippen molar-refractivity contribution in [3.63, 3.8) is 0 Å². The van der Waals surface area contributed by atoms with E-state index >= 15 is 0 Å². The second-order valence-corrected chi connectivity index (χ2v) is 5.11. The van der Waals surface area contributed by atoms with Crippen molar-refractivity contribution in [1.29, 1.82) is 0 Å². The SMILES string of the molecule is CC(NCc1ccc([N+](=O)[O-])o1)c1ccc(Cl)cc1Cl. The third-order valence-corrected chi connectivity index (χ3v) is 3.40. The molecule has 106 valence electrons. The van der Waals surface area contributed by atoms with Gasteiger partial charge in [0, 0.05) is 16.1 Å². The fourth-order valence-corrected chi connectivity index (χ4v) is 2.35. The first-order valence-electron chi connectivity index (χ1n) is 5.89. The van der Waals surface area contributed by atoms with Crippen LogP contribution < -0.4 is 5.32 Å². The summed E-state index contributed by atoms with van der Waals surface area (Å²) in [7, 11) is 0. The van der Waals surface area contributed by atoms with Gasteiger partial charge in [-0.15, -0.1) is 0 Å². The molecule has 2 aromatic rings. The normalized spacial score (nSPS) is 12.3. The third-order valence-electron chi connectivity index (χ3n) is 2.84. The number of furan rings is 1. The molecule has 1 atom stereocenters. The van der Waals surface area contributed by atoms with Crippen molar-refractivity contribution in [3.05, 3.63) is 61.8 Å². The van der Waals surface area contributed by atoms with E-state index in [1.54, 1.807) is 18.2 Å². The summed E-state index contributed by atoms with van der Waals surface area (Å²) < 4.78 is 5.07. The summed E-state index contributed by atoms with van der Waals surface area (Å²) in [4.78, 5) is 9.95. The Balaban J connectivity index is 2.00. The van der Waals surface area contributed by atoms with E-state index < -0.39 is 4.92 Å². The maximum absolute atomic E-state index is 10.5. The molecule has 0 fully saturated rings. The lowest BCUT2D eigenvalue weighted by atomic mass is 10.1. The van der Waals surface area contributed by atoms with Crippen LogP contribution in [0.5, 0.6) is 0 Å². The van der Waals surface area contributed by atoms with Gasteiger partial charge in [0.15, 0.2) is 0 Å². The molecule has 0 bridgehead atoms. The first-order valence-corrected chi connectivity index (χ1v) is 6.64. The monoisotopic (exact) mass is 314 g/mol. The highest BCUT2D eigenvalue weighted by molar-refractivity contribution is 6.35. The Bertz CT molecular complexity index is 628. The first-order chi connectivity index (χ1) is 9.47. The van der Waals surface area contributed by atoms with Gasteiger partial charge in [0.2, 0.25) is 0 Å². The van der Waals surface area contributed by atoms with Crippen LogP contribution >= 0.6 is 23.2 Å². The molecule has 0 amide bonds. The third kappa shape index (κ3) is 3.50. The predicted molar refractivity (Wildman–Crippen MR) is 77.1 cm³/mol. The van der Waals surface area contributed by atoms with Crippen LogP contribution in [0, 0.1) is 10.1 Å². The molecule has 1 aromatic carbocycles. The summed E-state index contributed by atoms with van der Waals surface area (Å²) in [5, 5.41) is 14.8. The Hall–Kier alpha value is -1.56. The smallest absolute Gasteiger partial charge is 0.404 e. The summed E-state index contributed by atoms with van der Waals surface area (Å²) >= 11 is 12.0. The summed E-state index contributed by atoms with van der Waals surface area (Å²) in [6.07, 6.45) is 0. The molecule has 1 heterocycles. The molecule has 1 aromatic heterocycles. The first kappa shape index (κ1) is 14.8. The Morgan fingerprint density at radius 1 is 1.35 bits per heavy atom.